The third-order valence-corrected chi connectivity index (χ3v) is 7.48. The van der Waals surface area contributed by atoms with E-state index in [1.807, 2.05) is 64.1 Å². The Hall–Kier alpha value is -1.92. The van der Waals surface area contributed by atoms with Crippen LogP contribution >= 0.6 is 0 Å². The van der Waals surface area contributed by atoms with Gasteiger partial charge in [-0.3, -0.25) is 0 Å². The number of hydrogen-bond donors (Lipinski definition) is 2. The molecule has 8 nitrogen and oxygen atoms in total. The smallest absolute Gasteiger partial charge is 0.744 e. The summed E-state index contributed by atoms with van der Waals surface area (Å²) < 4.78 is 71.4. The number of hydrogen-bond acceptors (Lipinski definition) is 8. The average molecular weight is 540 g/mol. The molecule has 0 amide bonds. The third-order valence-electron chi connectivity index (χ3n) is 5.76. The molecule has 0 aromatic heterocycles. The Balaban J connectivity index is 0.00000456. The van der Waals surface area contributed by atoms with Crippen molar-refractivity contribution in [1.29, 1.82) is 0 Å². The molecule has 0 atom stereocenters. The number of nitrogens with one attached hydrogen (secondary N) is 2. The zero-order valence-corrected chi connectivity index (χ0v) is 24.6. The molecule has 0 aliphatic heterocycles. The van der Waals surface area contributed by atoms with Gasteiger partial charge in [-0.15, -0.1) is 0 Å². The van der Waals surface area contributed by atoms with Gasteiger partial charge in [-0.05, 0) is 79.8 Å². The Labute approximate surface area is 235 Å². The first-order chi connectivity index (χ1) is 16.4. The van der Waals surface area contributed by atoms with Crippen molar-refractivity contribution in [2.24, 2.45) is 0 Å². The minimum absolute atomic E-state index is 0. The van der Waals surface area contributed by atoms with E-state index >= 15 is 0 Å². The fourth-order valence-electron chi connectivity index (χ4n) is 4.19. The molecule has 188 valence electrons. The molecule has 0 bridgehead atoms. The molecule has 0 spiro atoms. The minimum Gasteiger partial charge on any atom is -0.744 e. The first-order valence-electron chi connectivity index (χ1n) is 11.1. The summed E-state index contributed by atoms with van der Waals surface area (Å²) in [4.78, 5) is -1.51. The van der Waals surface area contributed by atoms with Crippen LogP contribution in [0.25, 0.3) is 0 Å². The van der Waals surface area contributed by atoms with Crippen LogP contribution in [0.15, 0.2) is 64.4 Å². The Kier molecular flexibility index (Phi) is 10.2. The molecule has 0 saturated carbocycles. The Bertz CT molecular complexity index is 1400. The minimum atomic E-state index is -5.11. The Morgan fingerprint density at radius 3 is 1.56 bits per heavy atom. The van der Waals surface area contributed by atoms with E-state index in [0.29, 0.717) is 17.2 Å². The van der Waals surface area contributed by atoms with Gasteiger partial charge in [0, 0.05) is 30.4 Å². The van der Waals surface area contributed by atoms with E-state index in [0.717, 1.165) is 41.7 Å². The molecule has 36 heavy (non-hydrogen) atoms. The second kappa shape index (κ2) is 12.1. The maximum atomic E-state index is 12.2. The van der Waals surface area contributed by atoms with Crippen LogP contribution in [0.5, 0.6) is 0 Å². The van der Waals surface area contributed by atoms with Crippen molar-refractivity contribution in [2.75, 3.05) is 23.7 Å². The number of aryl methyl sites for hydroxylation is 2. The van der Waals surface area contributed by atoms with Gasteiger partial charge in [0.1, 0.15) is 20.2 Å². The molecule has 3 aromatic rings. The fourth-order valence-corrected chi connectivity index (χ4v) is 5.50. The Morgan fingerprint density at radius 2 is 1.19 bits per heavy atom. The molecule has 3 aromatic carbocycles. The molecule has 3 rings (SSSR count). The molecular weight excluding hydrogens is 511 g/mol. The van der Waals surface area contributed by atoms with Gasteiger partial charge in [0.15, 0.2) is 0 Å². The van der Waals surface area contributed by atoms with E-state index < -0.39 is 35.9 Å². The van der Waals surface area contributed by atoms with Gasteiger partial charge >= 0.3 is 29.6 Å². The van der Waals surface area contributed by atoms with Crippen molar-refractivity contribution in [3.63, 3.8) is 0 Å². The molecule has 11 heteroatoms. The van der Waals surface area contributed by atoms with Gasteiger partial charge in [0.05, 0.1) is 9.79 Å². The maximum absolute atomic E-state index is 12.2. The number of anilines is 2. The number of benzene rings is 3. The molecule has 0 heterocycles. The molecule has 0 fully saturated rings. The first-order valence-corrected chi connectivity index (χ1v) is 13.9. The quantitative estimate of drug-likeness (QED) is 0.235. The van der Waals surface area contributed by atoms with Gasteiger partial charge in [-0.1, -0.05) is 30.3 Å². The first kappa shape index (κ1) is 30.3. The normalized spacial score (nSPS) is 11.8. The summed E-state index contributed by atoms with van der Waals surface area (Å²) in [6.07, 6.45) is 0. The molecule has 0 aliphatic carbocycles. The predicted molar refractivity (Wildman–Crippen MR) is 134 cm³/mol. The second-order valence-electron chi connectivity index (χ2n) is 8.25. The summed E-state index contributed by atoms with van der Waals surface area (Å²) in [7, 11) is -10.1. The standard InChI is InChI=1S/C25H30N2O6S2.Na/c1-5-26-22-11-7-18(13-16(22)3)25(19-8-12-23(27-6-2)17(4)14-19)21-10-9-20(34(28,29)30)15-24(21)35(31,32)33;/h7-15,25-27H,5-6H2,1-4H3,(H,28,29,30)(H,31,32,33);/q;+1/p-2. The second-order valence-corrected chi connectivity index (χ2v) is 11.0. The maximum Gasteiger partial charge on any atom is 1.00 e. The van der Waals surface area contributed by atoms with Crippen LogP contribution in [0.1, 0.15) is 47.6 Å². The molecular formula is C25H28N2NaO6S2-. The van der Waals surface area contributed by atoms with Gasteiger partial charge in [0.25, 0.3) is 0 Å². The summed E-state index contributed by atoms with van der Waals surface area (Å²) in [5, 5.41) is 6.51. The average Bonchev–Trinajstić information content (AvgIpc) is 2.76. The molecule has 0 saturated heterocycles. The van der Waals surface area contributed by atoms with Crippen molar-refractivity contribution >= 4 is 31.6 Å². The van der Waals surface area contributed by atoms with E-state index in [4.69, 9.17) is 0 Å². The van der Waals surface area contributed by atoms with Crippen LogP contribution in [0, 0.1) is 13.8 Å². The van der Waals surface area contributed by atoms with Crippen molar-refractivity contribution in [2.45, 2.75) is 43.4 Å². The van der Waals surface area contributed by atoms with Crippen molar-refractivity contribution in [3.05, 3.63) is 82.4 Å². The SMILES string of the molecule is CCNc1ccc(C(c2ccc(NCC)c(C)c2)c2ccc(S(=O)(=O)[O-])cc2S(=O)(=O)[O-])cc1C.[Na+]. The van der Waals surface area contributed by atoms with Crippen LogP contribution in [0.3, 0.4) is 0 Å². The zero-order valence-electron chi connectivity index (χ0n) is 21.0. The topological polar surface area (TPSA) is 138 Å². The summed E-state index contributed by atoms with van der Waals surface area (Å²) in [5.41, 5.74) is 5.18. The van der Waals surface area contributed by atoms with Crippen LogP contribution in [0.2, 0.25) is 0 Å². The molecule has 0 aliphatic rings. The molecule has 2 N–H and O–H groups in total. The van der Waals surface area contributed by atoms with E-state index in [-0.39, 0.29) is 35.1 Å². The van der Waals surface area contributed by atoms with Gasteiger partial charge in [-0.2, -0.15) is 0 Å². The van der Waals surface area contributed by atoms with E-state index in [1.165, 1.54) is 6.07 Å². The van der Waals surface area contributed by atoms with Crippen molar-refractivity contribution < 1.29 is 55.5 Å². The largest absolute Gasteiger partial charge is 1.00 e. The van der Waals surface area contributed by atoms with Gasteiger partial charge < -0.3 is 19.7 Å². The zero-order chi connectivity index (χ0) is 26.0. The summed E-state index contributed by atoms with van der Waals surface area (Å²) in [6, 6.07) is 14.2. The molecule has 0 radical (unpaired) electrons. The van der Waals surface area contributed by atoms with Crippen LogP contribution in [-0.4, -0.2) is 39.0 Å². The van der Waals surface area contributed by atoms with Crippen molar-refractivity contribution in [3.8, 4) is 0 Å². The number of rotatable bonds is 9. The summed E-state index contributed by atoms with van der Waals surface area (Å²) >= 11 is 0. The third kappa shape index (κ3) is 6.89. The van der Waals surface area contributed by atoms with E-state index in [9.17, 15) is 25.9 Å². The van der Waals surface area contributed by atoms with Crippen LogP contribution in [0.4, 0.5) is 11.4 Å². The fraction of sp³-hybridized carbons (Fsp3) is 0.280. The summed E-state index contributed by atoms with van der Waals surface area (Å²) in [5.74, 6) is -0.708. The van der Waals surface area contributed by atoms with Gasteiger partial charge in [0.2, 0.25) is 0 Å². The summed E-state index contributed by atoms with van der Waals surface area (Å²) in [6.45, 7) is 9.22. The van der Waals surface area contributed by atoms with E-state index in [2.05, 4.69) is 10.6 Å². The van der Waals surface area contributed by atoms with Gasteiger partial charge in [-0.25, -0.2) is 16.8 Å². The predicted octanol–water partition coefficient (Wildman–Crippen LogP) is 1.16. The Morgan fingerprint density at radius 1 is 0.722 bits per heavy atom. The van der Waals surface area contributed by atoms with Crippen LogP contribution < -0.4 is 40.2 Å². The van der Waals surface area contributed by atoms with E-state index in [1.54, 1.807) is 0 Å². The van der Waals surface area contributed by atoms with Crippen LogP contribution in [-0.2, 0) is 20.2 Å². The molecule has 0 unspecified atom stereocenters. The van der Waals surface area contributed by atoms with Crippen molar-refractivity contribution in [1.82, 2.24) is 0 Å². The monoisotopic (exact) mass is 539 g/mol.